The first-order valence-corrected chi connectivity index (χ1v) is 7.62. The first-order valence-electron chi connectivity index (χ1n) is 3.92. The van der Waals surface area contributed by atoms with Crippen LogP contribution in [-0.2, 0) is 0 Å². The molecule has 0 spiro atoms. The zero-order valence-corrected chi connectivity index (χ0v) is 8.49. The van der Waals surface area contributed by atoms with E-state index in [0.29, 0.717) is 0 Å². The molecule has 0 rings (SSSR count). The van der Waals surface area contributed by atoms with E-state index >= 15 is 0 Å². The molecule has 0 aliphatic carbocycles. The lowest BCUT2D eigenvalue weighted by Crippen LogP contribution is -2.19. The molecule has 0 aromatic heterocycles. The largest absolute Gasteiger partial charge is 0.0695 e. The quantitative estimate of drug-likeness (QED) is 0.533. The molecular formula is C8H20Si. The molecule has 0 bridgehead atoms. The van der Waals surface area contributed by atoms with E-state index in [2.05, 4.69) is 33.5 Å². The predicted molar refractivity (Wildman–Crippen MR) is 47.6 cm³/mol. The third-order valence-electron chi connectivity index (χ3n) is 1.47. The van der Waals surface area contributed by atoms with Crippen molar-refractivity contribution in [3.63, 3.8) is 0 Å². The summed E-state index contributed by atoms with van der Waals surface area (Å²) in [4.78, 5) is 0. The van der Waals surface area contributed by atoms with Gasteiger partial charge in [0, 0.05) is 8.07 Å². The summed E-state index contributed by atoms with van der Waals surface area (Å²) in [5.74, 6) is 0.900. The van der Waals surface area contributed by atoms with E-state index in [9.17, 15) is 0 Å². The van der Waals surface area contributed by atoms with E-state index in [1.165, 1.54) is 12.5 Å². The van der Waals surface area contributed by atoms with Crippen molar-refractivity contribution in [3.05, 3.63) is 0 Å². The van der Waals surface area contributed by atoms with Gasteiger partial charge in [0.25, 0.3) is 0 Å². The van der Waals surface area contributed by atoms with Gasteiger partial charge < -0.3 is 0 Å². The van der Waals surface area contributed by atoms with E-state index in [-0.39, 0.29) is 0 Å². The van der Waals surface area contributed by atoms with Gasteiger partial charge in [0.05, 0.1) is 0 Å². The van der Waals surface area contributed by atoms with Crippen LogP contribution in [0.1, 0.15) is 20.3 Å². The molecule has 0 aliphatic heterocycles. The molecule has 0 aromatic rings. The minimum atomic E-state index is -0.720. The average Bonchev–Trinajstić information content (AvgIpc) is 1.59. The fourth-order valence-corrected chi connectivity index (χ4v) is 2.17. The second-order valence-electron chi connectivity index (χ2n) is 4.49. The fourth-order valence-electron chi connectivity index (χ4n) is 0.722. The van der Waals surface area contributed by atoms with Gasteiger partial charge in [-0.3, -0.25) is 0 Å². The highest BCUT2D eigenvalue weighted by Gasteiger charge is 2.12. The maximum atomic E-state index is 2.44. The van der Waals surface area contributed by atoms with Crippen molar-refractivity contribution < 1.29 is 0 Å². The van der Waals surface area contributed by atoms with E-state index in [0.717, 1.165) is 5.92 Å². The standard InChI is InChI=1S/C8H20Si/c1-8(2)6-7-9(3,4)5/h8H,6-7H2,1-5H3. The molecule has 0 radical (unpaired) electrons. The Morgan fingerprint density at radius 3 is 1.67 bits per heavy atom. The molecule has 0 aliphatic rings. The molecule has 0 unspecified atom stereocenters. The minimum Gasteiger partial charge on any atom is -0.0695 e. The number of hydrogen-bond acceptors (Lipinski definition) is 0. The first-order chi connectivity index (χ1) is 3.92. The summed E-state index contributed by atoms with van der Waals surface area (Å²) >= 11 is 0. The van der Waals surface area contributed by atoms with Crippen LogP contribution in [0.5, 0.6) is 0 Å². The van der Waals surface area contributed by atoms with Crippen molar-refractivity contribution in [1.29, 1.82) is 0 Å². The Hall–Kier alpha value is 0.217. The van der Waals surface area contributed by atoms with Gasteiger partial charge >= 0.3 is 0 Å². The Kier molecular flexibility index (Phi) is 3.48. The van der Waals surface area contributed by atoms with Gasteiger partial charge in [-0.2, -0.15) is 0 Å². The van der Waals surface area contributed by atoms with Gasteiger partial charge in [-0.25, -0.2) is 0 Å². The highest BCUT2D eigenvalue weighted by atomic mass is 28.3. The Balaban J connectivity index is 3.28. The van der Waals surface area contributed by atoms with E-state index < -0.39 is 8.07 Å². The molecular weight excluding hydrogens is 124 g/mol. The molecule has 9 heavy (non-hydrogen) atoms. The molecule has 0 aromatic carbocycles. The van der Waals surface area contributed by atoms with Gasteiger partial charge in [-0.1, -0.05) is 46.0 Å². The zero-order chi connectivity index (χ0) is 7.49. The molecule has 0 saturated carbocycles. The first kappa shape index (κ1) is 9.22. The molecule has 56 valence electrons. The fraction of sp³-hybridized carbons (Fsp3) is 1.00. The lowest BCUT2D eigenvalue weighted by molar-refractivity contribution is 0.620. The lowest BCUT2D eigenvalue weighted by atomic mass is 10.2. The van der Waals surface area contributed by atoms with E-state index in [4.69, 9.17) is 0 Å². The predicted octanol–water partition coefficient (Wildman–Crippen LogP) is 3.37. The van der Waals surface area contributed by atoms with Crippen molar-refractivity contribution >= 4 is 8.07 Å². The molecule has 0 saturated heterocycles. The van der Waals surface area contributed by atoms with Crippen LogP contribution in [0.4, 0.5) is 0 Å². The van der Waals surface area contributed by atoms with E-state index in [1.54, 1.807) is 0 Å². The summed E-state index contributed by atoms with van der Waals surface area (Å²) in [6.07, 6.45) is 1.43. The SMILES string of the molecule is CC(C)CC[Si](C)(C)C. The number of hydrogen-bond donors (Lipinski definition) is 0. The highest BCUT2D eigenvalue weighted by Crippen LogP contribution is 2.15. The summed E-state index contributed by atoms with van der Waals surface area (Å²) in [5, 5.41) is 0. The van der Waals surface area contributed by atoms with Gasteiger partial charge in [0.15, 0.2) is 0 Å². The van der Waals surface area contributed by atoms with Crippen LogP contribution >= 0.6 is 0 Å². The summed E-state index contributed by atoms with van der Waals surface area (Å²) in [5.41, 5.74) is 0. The molecule has 0 nitrogen and oxygen atoms in total. The maximum absolute atomic E-state index is 2.44. The second-order valence-corrected chi connectivity index (χ2v) is 10.1. The van der Waals surface area contributed by atoms with Crippen molar-refractivity contribution in [2.45, 2.75) is 46.0 Å². The maximum Gasteiger partial charge on any atom is 0.0442 e. The Bertz CT molecular complexity index is 69.1. The summed E-state index contributed by atoms with van der Waals surface area (Å²) in [6.45, 7) is 11.9. The van der Waals surface area contributed by atoms with Crippen LogP contribution in [0, 0.1) is 5.92 Å². The minimum absolute atomic E-state index is 0.720. The monoisotopic (exact) mass is 144 g/mol. The molecule has 0 N–H and O–H groups in total. The number of rotatable bonds is 3. The second kappa shape index (κ2) is 3.40. The summed E-state index contributed by atoms with van der Waals surface area (Å²) < 4.78 is 0. The van der Waals surface area contributed by atoms with Gasteiger partial charge in [-0.05, 0) is 5.92 Å². The summed E-state index contributed by atoms with van der Waals surface area (Å²) in [6, 6.07) is 1.49. The van der Waals surface area contributed by atoms with Crippen LogP contribution in [0.2, 0.25) is 25.7 Å². The highest BCUT2D eigenvalue weighted by molar-refractivity contribution is 6.76. The molecule has 0 amide bonds. The normalized spacial score (nSPS) is 12.7. The Morgan fingerprint density at radius 1 is 1.11 bits per heavy atom. The van der Waals surface area contributed by atoms with Gasteiger partial charge in [-0.15, -0.1) is 0 Å². The third kappa shape index (κ3) is 8.22. The van der Waals surface area contributed by atoms with Crippen LogP contribution < -0.4 is 0 Å². The van der Waals surface area contributed by atoms with Crippen molar-refractivity contribution in [2.75, 3.05) is 0 Å². The molecule has 0 heterocycles. The Labute approximate surface area is 60.7 Å². The smallest absolute Gasteiger partial charge is 0.0442 e. The zero-order valence-electron chi connectivity index (χ0n) is 7.49. The average molecular weight is 144 g/mol. The van der Waals surface area contributed by atoms with Crippen molar-refractivity contribution in [1.82, 2.24) is 0 Å². The summed E-state index contributed by atoms with van der Waals surface area (Å²) in [7, 11) is -0.720. The molecule has 1 heteroatoms. The lowest BCUT2D eigenvalue weighted by Gasteiger charge is -2.16. The topological polar surface area (TPSA) is 0 Å². The third-order valence-corrected chi connectivity index (χ3v) is 3.26. The van der Waals surface area contributed by atoms with Crippen LogP contribution in [0.25, 0.3) is 0 Å². The van der Waals surface area contributed by atoms with Gasteiger partial charge in [0.1, 0.15) is 0 Å². The molecule has 0 atom stereocenters. The Morgan fingerprint density at radius 2 is 1.56 bits per heavy atom. The van der Waals surface area contributed by atoms with Crippen molar-refractivity contribution in [3.8, 4) is 0 Å². The van der Waals surface area contributed by atoms with Crippen LogP contribution in [0.3, 0.4) is 0 Å². The van der Waals surface area contributed by atoms with Crippen molar-refractivity contribution in [2.24, 2.45) is 5.92 Å². The van der Waals surface area contributed by atoms with Crippen LogP contribution in [-0.4, -0.2) is 8.07 Å². The van der Waals surface area contributed by atoms with E-state index in [1.807, 2.05) is 0 Å². The van der Waals surface area contributed by atoms with Gasteiger partial charge in [0.2, 0.25) is 0 Å². The molecule has 0 fully saturated rings. The van der Waals surface area contributed by atoms with Crippen LogP contribution in [0.15, 0.2) is 0 Å².